The zero-order valence-electron chi connectivity index (χ0n) is 6.29. The molecule has 0 aromatic heterocycles. The highest BCUT2D eigenvalue weighted by molar-refractivity contribution is 4.76. The normalized spacial score (nSPS) is 33.0. The molecule has 0 aromatic carbocycles. The lowest BCUT2D eigenvalue weighted by Crippen LogP contribution is -2.13. The summed E-state index contributed by atoms with van der Waals surface area (Å²) in [6.07, 6.45) is 4.47. The van der Waals surface area contributed by atoms with Gasteiger partial charge in [-0.3, -0.25) is 0 Å². The molecule has 0 heterocycles. The second kappa shape index (κ2) is 3.94. The Balaban J connectivity index is 2.27. The largest absolute Gasteiger partial charge is 0.396 e. The molecule has 2 N–H and O–H groups in total. The predicted octanol–water partition coefficient (Wildman–Crippen LogP) is 0.777. The molecule has 1 fully saturated rings. The van der Waals surface area contributed by atoms with Crippen LogP contribution in [0.1, 0.15) is 25.7 Å². The molecule has 0 bridgehead atoms. The van der Waals surface area contributed by atoms with Crippen LogP contribution in [0, 0.1) is 11.8 Å². The highest BCUT2D eigenvalue weighted by Crippen LogP contribution is 2.33. The van der Waals surface area contributed by atoms with Gasteiger partial charge in [0.1, 0.15) is 0 Å². The standard InChI is InChI=1S/C8H16O2/c9-5-4-7-2-1-3-8(7)6-10/h7-10H,1-6H2. The first-order chi connectivity index (χ1) is 4.88. The van der Waals surface area contributed by atoms with Crippen LogP contribution in [0.3, 0.4) is 0 Å². The molecule has 0 saturated heterocycles. The third-order valence-corrected chi connectivity index (χ3v) is 2.55. The molecule has 2 atom stereocenters. The van der Waals surface area contributed by atoms with Crippen molar-refractivity contribution in [3.63, 3.8) is 0 Å². The fourth-order valence-corrected chi connectivity index (χ4v) is 1.90. The fraction of sp³-hybridized carbons (Fsp3) is 1.00. The molecule has 1 aliphatic carbocycles. The Labute approximate surface area is 61.9 Å². The third-order valence-electron chi connectivity index (χ3n) is 2.55. The zero-order valence-corrected chi connectivity index (χ0v) is 6.29. The number of aliphatic hydroxyl groups excluding tert-OH is 2. The summed E-state index contributed by atoms with van der Waals surface area (Å²) in [7, 11) is 0. The molecule has 0 radical (unpaired) electrons. The summed E-state index contributed by atoms with van der Waals surface area (Å²) < 4.78 is 0. The van der Waals surface area contributed by atoms with Crippen LogP contribution in [0.25, 0.3) is 0 Å². The molecule has 2 unspecified atom stereocenters. The van der Waals surface area contributed by atoms with Crippen LogP contribution in [-0.4, -0.2) is 23.4 Å². The minimum Gasteiger partial charge on any atom is -0.396 e. The fourth-order valence-electron chi connectivity index (χ4n) is 1.90. The Kier molecular flexibility index (Phi) is 3.16. The van der Waals surface area contributed by atoms with E-state index >= 15 is 0 Å². The maximum atomic E-state index is 8.88. The molecule has 0 aromatic rings. The quantitative estimate of drug-likeness (QED) is 0.614. The van der Waals surface area contributed by atoms with E-state index in [-0.39, 0.29) is 6.61 Å². The van der Waals surface area contributed by atoms with Gasteiger partial charge in [0.15, 0.2) is 0 Å². The second-order valence-corrected chi connectivity index (χ2v) is 3.15. The second-order valence-electron chi connectivity index (χ2n) is 3.15. The SMILES string of the molecule is OCCC1CCCC1CO. The van der Waals surface area contributed by atoms with Crippen LogP contribution in [0.4, 0.5) is 0 Å². The first-order valence-electron chi connectivity index (χ1n) is 4.10. The number of hydrogen-bond acceptors (Lipinski definition) is 2. The average Bonchev–Trinajstić information content (AvgIpc) is 2.36. The summed E-state index contributed by atoms with van der Waals surface area (Å²) in [4.78, 5) is 0. The van der Waals surface area contributed by atoms with Gasteiger partial charge in [-0.25, -0.2) is 0 Å². The van der Waals surface area contributed by atoms with Gasteiger partial charge in [-0.15, -0.1) is 0 Å². The van der Waals surface area contributed by atoms with E-state index in [9.17, 15) is 0 Å². The van der Waals surface area contributed by atoms with E-state index < -0.39 is 0 Å². The molecular formula is C8H16O2. The topological polar surface area (TPSA) is 40.5 Å². The number of rotatable bonds is 3. The highest BCUT2D eigenvalue weighted by atomic mass is 16.3. The third kappa shape index (κ3) is 1.70. The number of hydrogen-bond donors (Lipinski definition) is 2. The molecule has 2 heteroatoms. The molecule has 1 rings (SSSR count). The van der Waals surface area contributed by atoms with E-state index in [2.05, 4.69) is 0 Å². The summed E-state index contributed by atoms with van der Waals surface area (Å²) in [5.74, 6) is 1.07. The Morgan fingerprint density at radius 3 is 2.40 bits per heavy atom. The van der Waals surface area contributed by atoms with Crippen molar-refractivity contribution in [1.29, 1.82) is 0 Å². The van der Waals surface area contributed by atoms with Crippen LogP contribution >= 0.6 is 0 Å². The monoisotopic (exact) mass is 144 g/mol. The minimum atomic E-state index is 0.279. The lowest BCUT2D eigenvalue weighted by molar-refractivity contribution is 0.169. The van der Waals surface area contributed by atoms with Crippen molar-refractivity contribution in [2.24, 2.45) is 11.8 Å². The summed E-state index contributed by atoms with van der Waals surface area (Å²) in [6.45, 7) is 0.589. The van der Waals surface area contributed by atoms with Gasteiger partial charge in [-0.05, 0) is 24.7 Å². The van der Waals surface area contributed by atoms with Crippen molar-refractivity contribution in [3.8, 4) is 0 Å². The van der Waals surface area contributed by atoms with Crippen molar-refractivity contribution in [2.75, 3.05) is 13.2 Å². The van der Waals surface area contributed by atoms with E-state index in [0.29, 0.717) is 18.4 Å². The van der Waals surface area contributed by atoms with Gasteiger partial charge in [0.2, 0.25) is 0 Å². The molecular weight excluding hydrogens is 128 g/mol. The smallest absolute Gasteiger partial charge is 0.0461 e. The lowest BCUT2D eigenvalue weighted by Gasteiger charge is -2.14. The molecule has 60 valence electrons. The number of aliphatic hydroxyl groups is 2. The molecule has 0 aliphatic heterocycles. The molecule has 0 spiro atoms. The Morgan fingerprint density at radius 1 is 1.10 bits per heavy atom. The molecule has 1 aliphatic rings. The summed E-state index contributed by atoms with van der Waals surface area (Å²) >= 11 is 0. The van der Waals surface area contributed by atoms with Crippen LogP contribution in [0.15, 0.2) is 0 Å². The van der Waals surface area contributed by atoms with E-state index in [1.54, 1.807) is 0 Å². The average molecular weight is 144 g/mol. The van der Waals surface area contributed by atoms with Crippen molar-refractivity contribution in [3.05, 3.63) is 0 Å². The van der Waals surface area contributed by atoms with Crippen molar-refractivity contribution >= 4 is 0 Å². The van der Waals surface area contributed by atoms with Gasteiger partial charge in [-0.2, -0.15) is 0 Å². The van der Waals surface area contributed by atoms with Gasteiger partial charge in [-0.1, -0.05) is 12.8 Å². The summed E-state index contributed by atoms with van der Waals surface area (Å²) in [5.41, 5.74) is 0. The predicted molar refractivity (Wildman–Crippen MR) is 39.6 cm³/mol. The van der Waals surface area contributed by atoms with E-state index in [0.717, 1.165) is 12.8 Å². The van der Waals surface area contributed by atoms with Crippen LogP contribution in [0.5, 0.6) is 0 Å². The summed E-state index contributed by atoms with van der Waals surface area (Å²) in [5, 5.41) is 17.5. The van der Waals surface area contributed by atoms with Gasteiger partial charge in [0.25, 0.3) is 0 Å². The van der Waals surface area contributed by atoms with Crippen LogP contribution < -0.4 is 0 Å². The van der Waals surface area contributed by atoms with Gasteiger partial charge in [0, 0.05) is 13.2 Å². The van der Waals surface area contributed by atoms with E-state index in [1.807, 2.05) is 0 Å². The zero-order chi connectivity index (χ0) is 7.40. The first-order valence-corrected chi connectivity index (χ1v) is 4.10. The molecule has 2 nitrogen and oxygen atoms in total. The Hall–Kier alpha value is -0.0800. The van der Waals surface area contributed by atoms with Crippen molar-refractivity contribution < 1.29 is 10.2 Å². The Morgan fingerprint density at radius 2 is 1.80 bits per heavy atom. The molecule has 10 heavy (non-hydrogen) atoms. The summed E-state index contributed by atoms with van der Waals surface area (Å²) in [6, 6.07) is 0. The molecule has 0 amide bonds. The lowest BCUT2D eigenvalue weighted by atomic mass is 9.94. The van der Waals surface area contributed by atoms with Gasteiger partial charge in [0.05, 0.1) is 0 Å². The van der Waals surface area contributed by atoms with Crippen molar-refractivity contribution in [1.82, 2.24) is 0 Å². The minimum absolute atomic E-state index is 0.279. The van der Waals surface area contributed by atoms with Crippen LogP contribution in [-0.2, 0) is 0 Å². The van der Waals surface area contributed by atoms with E-state index in [4.69, 9.17) is 10.2 Å². The molecule has 1 saturated carbocycles. The Bertz CT molecular complexity index is 93.3. The first kappa shape index (κ1) is 8.02. The van der Waals surface area contributed by atoms with E-state index in [1.165, 1.54) is 12.8 Å². The maximum Gasteiger partial charge on any atom is 0.0461 e. The van der Waals surface area contributed by atoms with Crippen LogP contribution in [0.2, 0.25) is 0 Å². The highest BCUT2D eigenvalue weighted by Gasteiger charge is 2.25. The maximum absolute atomic E-state index is 8.88. The van der Waals surface area contributed by atoms with Crippen molar-refractivity contribution in [2.45, 2.75) is 25.7 Å². The van der Waals surface area contributed by atoms with Gasteiger partial charge < -0.3 is 10.2 Å². The van der Waals surface area contributed by atoms with Gasteiger partial charge >= 0.3 is 0 Å².